The van der Waals surface area contributed by atoms with E-state index in [4.69, 9.17) is 4.74 Å². The van der Waals surface area contributed by atoms with Gasteiger partial charge in [-0.3, -0.25) is 9.59 Å². The Morgan fingerprint density at radius 2 is 1.71 bits per heavy atom. The van der Waals surface area contributed by atoms with Crippen molar-refractivity contribution in [2.75, 3.05) is 29.6 Å². The molecular weight excluding hydrogens is 354 g/mol. The number of hydrogen-bond acceptors (Lipinski definition) is 4. The average Bonchev–Trinajstić information content (AvgIpc) is 2.84. The van der Waals surface area contributed by atoms with E-state index in [1.54, 1.807) is 42.5 Å². The fraction of sp³-hybridized carbons (Fsp3) is 0.0909. The van der Waals surface area contributed by atoms with Crippen molar-refractivity contribution in [2.24, 2.45) is 0 Å². The Labute approximate surface area is 162 Å². The zero-order valence-electron chi connectivity index (χ0n) is 15.5. The molecule has 0 aromatic heterocycles. The van der Waals surface area contributed by atoms with Gasteiger partial charge in [-0.15, -0.1) is 0 Å². The number of ether oxygens (including phenoxy) is 1. The summed E-state index contributed by atoms with van der Waals surface area (Å²) in [5.41, 5.74) is 3.03. The Balaban J connectivity index is 1.57. The first kappa shape index (κ1) is 17.6. The van der Waals surface area contributed by atoms with Crippen LogP contribution in [0.25, 0.3) is 0 Å². The van der Waals surface area contributed by atoms with Crippen LogP contribution in [0.1, 0.15) is 20.7 Å². The summed E-state index contributed by atoms with van der Waals surface area (Å²) in [6.45, 7) is 0. The molecule has 0 spiro atoms. The van der Waals surface area contributed by atoms with Gasteiger partial charge >= 0.3 is 0 Å². The molecule has 2 N–H and O–H groups in total. The van der Waals surface area contributed by atoms with Crippen LogP contribution < -0.4 is 20.3 Å². The minimum Gasteiger partial charge on any atom is -0.454 e. The maximum Gasteiger partial charge on any atom is 0.259 e. The first-order valence-electron chi connectivity index (χ1n) is 8.82. The third kappa shape index (κ3) is 3.40. The second-order valence-electron chi connectivity index (χ2n) is 6.66. The molecule has 0 fully saturated rings. The molecule has 3 aromatic carbocycles. The van der Waals surface area contributed by atoms with Crippen molar-refractivity contribution < 1.29 is 14.3 Å². The molecule has 4 rings (SSSR count). The van der Waals surface area contributed by atoms with Crippen molar-refractivity contribution in [3.63, 3.8) is 0 Å². The summed E-state index contributed by atoms with van der Waals surface area (Å²) >= 11 is 0. The van der Waals surface area contributed by atoms with Crippen molar-refractivity contribution in [3.8, 4) is 11.5 Å². The highest BCUT2D eigenvalue weighted by Gasteiger charge is 2.21. The third-order valence-electron chi connectivity index (χ3n) is 4.48. The van der Waals surface area contributed by atoms with Gasteiger partial charge in [-0.1, -0.05) is 12.1 Å². The summed E-state index contributed by atoms with van der Waals surface area (Å²) in [7, 11) is 3.88. The molecule has 0 saturated heterocycles. The van der Waals surface area contributed by atoms with E-state index in [0.29, 0.717) is 34.0 Å². The van der Waals surface area contributed by atoms with Gasteiger partial charge in [-0.05, 0) is 54.6 Å². The van der Waals surface area contributed by atoms with Crippen LogP contribution in [0.4, 0.5) is 17.1 Å². The number of hydrogen-bond donors (Lipinski definition) is 2. The Kier molecular flexibility index (Phi) is 4.45. The number of benzene rings is 3. The number of fused-ring (bicyclic) bond motifs is 2. The van der Waals surface area contributed by atoms with Gasteiger partial charge in [0.05, 0.1) is 11.3 Å². The molecule has 2 amide bonds. The molecule has 6 nitrogen and oxygen atoms in total. The van der Waals surface area contributed by atoms with E-state index in [9.17, 15) is 9.59 Å². The van der Waals surface area contributed by atoms with Crippen LogP contribution in [0.3, 0.4) is 0 Å². The highest BCUT2D eigenvalue weighted by Crippen LogP contribution is 2.36. The zero-order chi connectivity index (χ0) is 19.7. The Morgan fingerprint density at radius 3 is 2.46 bits per heavy atom. The Hall–Kier alpha value is -3.80. The molecular formula is C22H19N3O3. The molecule has 0 radical (unpaired) electrons. The summed E-state index contributed by atoms with van der Waals surface area (Å²) in [5.74, 6) is 0.484. The van der Waals surface area contributed by atoms with Gasteiger partial charge in [0.1, 0.15) is 5.75 Å². The van der Waals surface area contributed by atoms with Gasteiger partial charge in [-0.25, -0.2) is 0 Å². The minimum atomic E-state index is -0.286. The summed E-state index contributed by atoms with van der Waals surface area (Å²) in [4.78, 5) is 27.1. The van der Waals surface area contributed by atoms with E-state index in [2.05, 4.69) is 10.6 Å². The fourth-order valence-electron chi connectivity index (χ4n) is 2.96. The summed E-state index contributed by atoms with van der Waals surface area (Å²) < 4.78 is 5.85. The number of carbonyl (C=O) groups excluding carboxylic acids is 2. The first-order chi connectivity index (χ1) is 13.5. The van der Waals surface area contributed by atoms with E-state index < -0.39 is 0 Å². The van der Waals surface area contributed by atoms with Crippen molar-refractivity contribution >= 4 is 28.9 Å². The monoisotopic (exact) mass is 373 g/mol. The fourth-order valence-corrected chi connectivity index (χ4v) is 2.96. The highest BCUT2D eigenvalue weighted by atomic mass is 16.5. The molecule has 0 bridgehead atoms. The standard InChI is InChI=1S/C22H19N3O3/c1-25(2)16-10-7-14(8-11-16)21(26)23-15-9-12-19-17(13-15)22(27)24-18-5-3-4-6-20(18)28-19/h3-13H,1-2H3,(H,23,26)(H,24,27). The molecule has 1 heterocycles. The average molecular weight is 373 g/mol. The molecule has 0 aliphatic carbocycles. The molecule has 1 aliphatic rings. The number of rotatable bonds is 3. The van der Waals surface area contributed by atoms with Crippen LogP contribution in [0.2, 0.25) is 0 Å². The van der Waals surface area contributed by atoms with Gasteiger partial charge in [0.15, 0.2) is 5.75 Å². The lowest BCUT2D eigenvalue weighted by Crippen LogP contribution is -2.14. The van der Waals surface area contributed by atoms with Crippen LogP contribution >= 0.6 is 0 Å². The lowest BCUT2D eigenvalue weighted by molar-refractivity contribution is 0.101. The molecule has 3 aromatic rings. The number of anilines is 3. The lowest BCUT2D eigenvalue weighted by atomic mass is 10.1. The number of amides is 2. The second kappa shape index (κ2) is 7.08. The molecule has 6 heteroatoms. The topological polar surface area (TPSA) is 70.7 Å². The van der Waals surface area contributed by atoms with Gasteiger partial charge in [-0.2, -0.15) is 0 Å². The molecule has 28 heavy (non-hydrogen) atoms. The Bertz CT molecular complexity index is 1060. The van der Waals surface area contributed by atoms with Crippen LogP contribution in [-0.2, 0) is 0 Å². The predicted molar refractivity (Wildman–Crippen MR) is 110 cm³/mol. The number of nitrogens with one attached hydrogen (secondary N) is 2. The van der Waals surface area contributed by atoms with E-state index in [-0.39, 0.29) is 11.8 Å². The van der Waals surface area contributed by atoms with Crippen molar-refractivity contribution in [2.45, 2.75) is 0 Å². The lowest BCUT2D eigenvalue weighted by Gasteiger charge is -2.13. The number of carbonyl (C=O) groups is 2. The number of para-hydroxylation sites is 2. The van der Waals surface area contributed by atoms with Crippen LogP contribution in [0.5, 0.6) is 11.5 Å². The zero-order valence-corrected chi connectivity index (χ0v) is 15.5. The highest BCUT2D eigenvalue weighted by molar-refractivity contribution is 6.10. The van der Waals surface area contributed by atoms with Crippen LogP contribution in [0.15, 0.2) is 66.7 Å². The van der Waals surface area contributed by atoms with Gasteiger partial charge < -0.3 is 20.3 Å². The molecule has 140 valence electrons. The van der Waals surface area contributed by atoms with Crippen LogP contribution in [0, 0.1) is 0 Å². The molecule has 1 aliphatic heterocycles. The normalized spacial score (nSPS) is 12.0. The summed E-state index contributed by atoms with van der Waals surface area (Å²) in [5, 5.41) is 5.66. The Morgan fingerprint density at radius 1 is 0.964 bits per heavy atom. The third-order valence-corrected chi connectivity index (χ3v) is 4.48. The van der Waals surface area contributed by atoms with Gasteiger partial charge in [0.25, 0.3) is 11.8 Å². The van der Waals surface area contributed by atoms with Crippen LogP contribution in [-0.4, -0.2) is 25.9 Å². The van der Waals surface area contributed by atoms with E-state index in [1.807, 2.05) is 43.3 Å². The molecule has 0 atom stereocenters. The number of nitrogens with zero attached hydrogens (tertiary/aromatic N) is 1. The molecule has 0 saturated carbocycles. The van der Waals surface area contributed by atoms with Crippen molar-refractivity contribution in [1.29, 1.82) is 0 Å². The largest absolute Gasteiger partial charge is 0.454 e. The smallest absolute Gasteiger partial charge is 0.259 e. The summed E-state index contributed by atoms with van der Waals surface area (Å²) in [6, 6.07) is 19.5. The van der Waals surface area contributed by atoms with E-state index >= 15 is 0 Å². The maximum absolute atomic E-state index is 12.6. The minimum absolute atomic E-state index is 0.247. The summed E-state index contributed by atoms with van der Waals surface area (Å²) in [6.07, 6.45) is 0. The van der Waals surface area contributed by atoms with Crippen molar-refractivity contribution in [3.05, 3.63) is 77.9 Å². The van der Waals surface area contributed by atoms with Crippen molar-refractivity contribution in [1.82, 2.24) is 0 Å². The molecule has 0 unspecified atom stereocenters. The SMILES string of the molecule is CN(C)c1ccc(C(=O)Nc2ccc3c(c2)C(=O)Nc2ccccc2O3)cc1. The van der Waals surface area contributed by atoms with E-state index in [1.165, 1.54) is 0 Å². The second-order valence-corrected chi connectivity index (χ2v) is 6.66. The maximum atomic E-state index is 12.6. The quantitative estimate of drug-likeness (QED) is 0.715. The van der Waals surface area contributed by atoms with E-state index in [0.717, 1.165) is 5.69 Å². The van der Waals surface area contributed by atoms with Gasteiger partial charge in [0, 0.05) is 31.0 Å². The van der Waals surface area contributed by atoms with Gasteiger partial charge in [0.2, 0.25) is 0 Å². The first-order valence-corrected chi connectivity index (χ1v) is 8.82. The predicted octanol–water partition coefficient (Wildman–Crippen LogP) is 4.36.